The van der Waals surface area contributed by atoms with Crippen molar-refractivity contribution in [1.82, 2.24) is 14.9 Å². The van der Waals surface area contributed by atoms with Gasteiger partial charge in [0.05, 0.1) is 13.7 Å². The second-order valence-electron chi connectivity index (χ2n) is 6.86. The molecule has 0 aliphatic carbocycles. The topological polar surface area (TPSA) is 64.1 Å². The Morgan fingerprint density at radius 1 is 1.09 bits per heavy atom. The van der Waals surface area contributed by atoms with E-state index in [-0.39, 0.29) is 12.4 Å². The maximum atomic E-state index is 13.2. The monoisotopic (exact) mass is 514 g/mol. The van der Waals surface area contributed by atoms with E-state index in [4.69, 9.17) is 21.7 Å². The Morgan fingerprint density at radius 2 is 1.84 bits per heavy atom. The van der Waals surface area contributed by atoms with Gasteiger partial charge in [-0.15, -0.1) is 0 Å². The molecule has 0 bridgehead atoms. The molecule has 3 aromatic carbocycles. The Kier molecular flexibility index (Phi) is 6.87. The maximum absolute atomic E-state index is 13.2. The lowest BCUT2D eigenvalue weighted by atomic mass is 10.1. The fourth-order valence-electron chi connectivity index (χ4n) is 3.18. The fourth-order valence-corrected chi connectivity index (χ4v) is 3.83. The van der Waals surface area contributed by atoms with Crippen molar-refractivity contribution in [1.29, 1.82) is 0 Å². The molecule has 0 amide bonds. The number of aromatic nitrogens is 3. The molecule has 0 aliphatic heterocycles. The van der Waals surface area contributed by atoms with E-state index in [1.165, 1.54) is 12.1 Å². The van der Waals surface area contributed by atoms with Gasteiger partial charge in [0.1, 0.15) is 12.4 Å². The van der Waals surface area contributed by atoms with Gasteiger partial charge in [-0.2, -0.15) is 5.10 Å². The molecule has 164 valence electrons. The van der Waals surface area contributed by atoms with Crippen molar-refractivity contribution in [2.45, 2.75) is 13.2 Å². The highest BCUT2D eigenvalue weighted by atomic mass is 79.9. The molecule has 0 fully saturated rings. The first-order valence-corrected chi connectivity index (χ1v) is 11.0. The summed E-state index contributed by atoms with van der Waals surface area (Å²) in [4.78, 5) is 0. The van der Waals surface area contributed by atoms with Gasteiger partial charge >= 0.3 is 0 Å². The number of hydrogen-bond acceptors (Lipinski definition) is 5. The Bertz CT molecular complexity index is 1260. The minimum absolute atomic E-state index is 0.264. The van der Waals surface area contributed by atoms with Crippen molar-refractivity contribution in [2.24, 2.45) is 0 Å². The van der Waals surface area contributed by atoms with Crippen LogP contribution in [0.5, 0.6) is 11.5 Å². The first kappa shape index (κ1) is 22.0. The zero-order valence-electron chi connectivity index (χ0n) is 17.1. The minimum atomic E-state index is -0.287. The van der Waals surface area contributed by atoms with Crippen molar-refractivity contribution >= 4 is 28.1 Å². The van der Waals surface area contributed by atoms with Crippen molar-refractivity contribution in [3.63, 3.8) is 0 Å². The first-order valence-electron chi connectivity index (χ1n) is 9.76. The predicted octanol–water partition coefficient (Wildman–Crippen LogP) is 5.84. The van der Waals surface area contributed by atoms with E-state index in [0.29, 0.717) is 28.6 Å². The molecule has 0 saturated heterocycles. The molecular weight excluding hydrogens is 495 g/mol. The molecule has 4 aromatic rings. The number of aromatic amines is 1. The predicted molar refractivity (Wildman–Crippen MR) is 127 cm³/mol. The average molecular weight is 515 g/mol. The van der Waals surface area contributed by atoms with Crippen molar-refractivity contribution in [3.05, 3.63) is 92.9 Å². The summed E-state index contributed by atoms with van der Waals surface area (Å²) in [6, 6.07) is 19.7. The van der Waals surface area contributed by atoms with Crippen molar-refractivity contribution < 1.29 is 13.9 Å². The van der Waals surface area contributed by atoms with Crippen LogP contribution >= 0.6 is 28.1 Å². The molecule has 4 rings (SSSR count). The molecule has 2 N–H and O–H groups in total. The molecule has 0 unspecified atom stereocenters. The Hall–Kier alpha value is -3.17. The van der Waals surface area contributed by atoms with E-state index in [2.05, 4.69) is 31.6 Å². The van der Waals surface area contributed by atoms with Crippen LogP contribution in [0.4, 0.5) is 4.39 Å². The summed E-state index contributed by atoms with van der Waals surface area (Å²) in [6.45, 7) is 0.644. The van der Waals surface area contributed by atoms with Gasteiger partial charge in [-0.05, 0) is 42.0 Å². The molecule has 1 aromatic heterocycles. The van der Waals surface area contributed by atoms with Crippen LogP contribution in [-0.2, 0) is 13.2 Å². The van der Waals surface area contributed by atoms with Gasteiger partial charge in [0.2, 0.25) is 4.77 Å². The number of hydrogen-bond donors (Lipinski definition) is 2. The summed E-state index contributed by atoms with van der Waals surface area (Å²) >= 11 is 9.02. The lowest BCUT2D eigenvalue weighted by Gasteiger charge is -2.18. The van der Waals surface area contributed by atoms with E-state index < -0.39 is 0 Å². The molecule has 32 heavy (non-hydrogen) atoms. The summed E-state index contributed by atoms with van der Waals surface area (Å²) in [7, 11) is 1.59. The second-order valence-corrected chi connectivity index (χ2v) is 8.10. The zero-order valence-corrected chi connectivity index (χ0v) is 19.5. The molecule has 0 aliphatic rings. The second kappa shape index (κ2) is 9.97. The number of ether oxygens (including phenoxy) is 2. The van der Waals surface area contributed by atoms with Crippen LogP contribution < -0.4 is 14.9 Å². The third-order valence-corrected chi connectivity index (χ3v) is 5.82. The summed E-state index contributed by atoms with van der Waals surface area (Å²) in [6.07, 6.45) is 0. The van der Waals surface area contributed by atoms with Crippen LogP contribution in [0.2, 0.25) is 0 Å². The SMILES string of the molecule is COc1ccc(Br)c(CNn2c(-c3ccccc3)n[nH]c2=S)c1OCc1ccc(F)cc1. The summed E-state index contributed by atoms with van der Waals surface area (Å²) in [5.74, 6) is 1.55. The molecule has 9 heteroatoms. The molecule has 0 saturated carbocycles. The van der Waals surface area contributed by atoms with Gasteiger partial charge in [0.25, 0.3) is 0 Å². The van der Waals surface area contributed by atoms with E-state index in [1.54, 1.807) is 23.9 Å². The largest absolute Gasteiger partial charge is 0.493 e. The van der Waals surface area contributed by atoms with E-state index in [9.17, 15) is 4.39 Å². The molecule has 6 nitrogen and oxygen atoms in total. The van der Waals surface area contributed by atoms with Gasteiger partial charge in [0, 0.05) is 15.6 Å². The molecule has 1 heterocycles. The van der Waals surface area contributed by atoms with Crippen molar-refractivity contribution in [3.8, 4) is 22.9 Å². The molecule has 0 atom stereocenters. The highest BCUT2D eigenvalue weighted by Crippen LogP contribution is 2.37. The van der Waals surface area contributed by atoms with Gasteiger partial charge in [-0.25, -0.2) is 14.2 Å². The minimum Gasteiger partial charge on any atom is -0.493 e. The number of nitrogens with one attached hydrogen (secondary N) is 2. The number of rotatable bonds is 8. The summed E-state index contributed by atoms with van der Waals surface area (Å²) in [5.41, 5.74) is 5.92. The van der Waals surface area contributed by atoms with E-state index in [0.717, 1.165) is 21.2 Å². The van der Waals surface area contributed by atoms with Crippen LogP contribution in [0, 0.1) is 10.6 Å². The van der Waals surface area contributed by atoms with Gasteiger partial charge in [-0.3, -0.25) is 0 Å². The quantitative estimate of drug-likeness (QED) is 0.289. The third kappa shape index (κ3) is 4.84. The smallest absolute Gasteiger partial charge is 0.214 e. The standard InChI is InChI=1S/C23H20BrFN4O2S/c1-30-20-12-11-19(24)18(21(20)31-14-15-7-9-17(25)10-8-15)13-26-29-22(27-28-23(29)32)16-5-3-2-4-6-16/h2-12,26H,13-14H2,1H3,(H,28,32). The third-order valence-electron chi connectivity index (χ3n) is 4.80. The van der Waals surface area contributed by atoms with Gasteiger partial charge < -0.3 is 14.9 Å². The van der Waals surface area contributed by atoms with Crippen molar-refractivity contribution in [2.75, 3.05) is 12.5 Å². The summed E-state index contributed by atoms with van der Waals surface area (Å²) in [5, 5.41) is 7.17. The number of halogens is 2. The molecule has 0 radical (unpaired) electrons. The lowest BCUT2D eigenvalue weighted by Crippen LogP contribution is -2.17. The number of methoxy groups -OCH3 is 1. The first-order chi connectivity index (χ1) is 15.6. The maximum Gasteiger partial charge on any atom is 0.214 e. The zero-order chi connectivity index (χ0) is 22.5. The molecule has 0 spiro atoms. The Morgan fingerprint density at radius 3 is 2.56 bits per heavy atom. The average Bonchev–Trinajstić information content (AvgIpc) is 3.19. The van der Waals surface area contributed by atoms with Crippen LogP contribution in [-0.4, -0.2) is 22.0 Å². The van der Waals surface area contributed by atoms with Gasteiger partial charge in [0.15, 0.2) is 17.3 Å². The highest BCUT2D eigenvalue weighted by Gasteiger charge is 2.16. The van der Waals surface area contributed by atoms with Crippen LogP contribution in [0.25, 0.3) is 11.4 Å². The fraction of sp³-hybridized carbons (Fsp3) is 0.130. The van der Waals surface area contributed by atoms with Crippen LogP contribution in [0.15, 0.2) is 71.2 Å². The Labute approximate surface area is 198 Å². The van der Waals surface area contributed by atoms with E-state index in [1.807, 2.05) is 42.5 Å². The Balaban J connectivity index is 1.61. The summed E-state index contributed by atoms with van der Waals surface area (Å²) < 4.78 is 27.8. The van der Waals surface area contributed by atoms with Gasteiger partial charge in [-0.1, -0.05) is 58.4 Å². The van der Waals surface area contributed by atoms with E-state index >= 15 is 0 Å². The number of nitrogens with zero attached hydrogens (tertiary/aromatic N) is 2. The number of benzene rings is 3. The normalized spacial score (nSPS) is 10.7. The number of H-pyrrole nitrogens is 1. The molecular formula is C23H20BrFN4O2S. The van der Waals surface area contributed by atoms with Crippen LogP contribution in [0.3, 0.4) is 0 Å². The lowest BCUT2D eigenvalue weighted by molar-refractivity contribution is 0.281. The van der Waals surface area contributed by atoms with Crippen LogP contribution in [0.1, 0.15) is 11.1 Å². The highest BCUT2D eigenvalue weighted by molar-refractivity contribution is 9.10.